The van der Waals surface area contributed by atoms with Crippen molar-refractivity contribution in [2.75, 3.05) is 18.5 Å². The number of carbonyl (C=O) groups is 1. The number of hydrogen-bond donors (Lipinski definition) is 3. The van der Waals surface area contributed by atoms with Crippen molar-refractivity contribution in [3.05, 3.63) is 55.3 Å². The predicted octanol–water partition coefficient (Wildman–Crippen LogP) is 4.13. The van der Waals surface area contributed by atoms with E-state index in [1.54, 1.807) is 12.1 Å². The molecule has 9 heteroatoms. The Kier molecular flexibility index (Phi) is 7.05. The van der Waals surface area contributed by atoms with Gasteiger partial charge in [-0.3, -0.25) is 9.63 Å². The molecular formula is C15H12Cl2FIN2O3. The molecule has 2 rings (SSSR count). The van der Waals surface area contributed by atoms with Crippen molar-refractivity contribution in [2.24, 2.45) is 0 Å². The quantitative estimate of drug-likeness (QED) is 0.327. The van der Waals surface area contributed by atoms with Gasteiger partial charge in [-0.05, 0) is 52.9 Å². The normalized spacial score (nSPS) is 10.5. The maximum Gasteiger partial charge on any atom is 0.277 e. The minimum Gasteiger partial charge on any atom is -0.394 e. The molecule has 1 amide bonds. The molecule has 0 bridgehead atoms. The molecule has 2 aromatic rings. The summed E-state index contributed by atoms with van der Waals surface area (Å²) in [5.41, 5.74) is 2.88. The first-order valence-electron chi connectivity index (χ1n) is 6.66. The van der Waals surface area contributed by atoms with Gasteiger partial charge in [-0.1, -0.05) is 23.2 Å². The van der Waals surface area contributed by atoms with Crippen LogP contribution in [0.1, 0.15) is 10.4 Å². The molecule has 0 aliphatic carbocycles. The summed E-state index contributed by atoms with van der Waals surface area (Å²) in [6.07, 6.45) is 0. The van der Waals surface area contributed by atoms with Gasteiger partial charge in [-0.2, -0.15) is 0 Å². The second-order valence-electron chi connectivity index (χ2n) is 4.56. The van der Waals surface area contributed by atoms with Crippen LogP contribution in [0.15, 0.2) is 30.3 Å². The Morgan fingerprint density at radius 3 is 2.62 bits per heavy atom. The number of aliphatic hydroxyl groups excluding tert-OH is 1. The lowest BCUT2D eigenvalue weighted by Crippen LogP contribution is -2.26. The molecule has 24 heavy (non-hydrogen) atoms. The fraction of sp³-hybridized carbons (Fsp3) is 0.133. The van der Waals surface area contributed by atoms with Crippen molar-refractivity contribution >= 4 is 63.1 Å². The van der Waals surface area contributed by atoms with E-state index < -0.39 is 11.7 Å². The molecule has 0 aliphatic heterocycles. The van der Waals surface area contributed by atoms with Crippen molar-refractivity contribution in [3.63, 3.8) is 0 Å². The highest BCUT2D eigenvalue weighted by atomic mass is 127. The summed E-state index contributed by atoms with van der Waals surface area (Å²) in [5.74, 6) is -1.33. The summed E-state index contributed by atoms with van der Waals surface area (Å²) in [4.78, 5) is 16.9. The van der Waals surface area contributed by atoms with Crippen LogP contribution < -0.4 is 10.8 Å². The van der Waals surface area contributed by atoms with Crippen LogP contribution in [0.4, 0.5) is 15.8 Å². The molecule has 0 atom stereocenters. The standard InChI is InChI=1S/C15H12Cl2FIN2O3/c16-10-6-9(15(23)21-24-4-3-22)14(7-12(10)18)20-13-2-1-8(19)5-11(13)17/h1-2,5-7,20,22H,3-4H2,(H,21,23). The van der Waals surface area contributed by atoms with Crippen LogP contribution in [-0.4, -0.2) is 24.2 Å². The van der Waals surface area contributed by atoms with E-state index in [0.29, 0.717) is 10.7 Å². The second-order valence-corrected chi connectivity index (χ2v) is 6.62. The maximum absolute atomic E-state index is 13.8. The Hall–Kier alpha value is -1.13. The van der Waals surface area contributed by atoms with Crippen LogP contribution in [0.5, 0.6) is 0 Å². The lowest BCUT2D eigenvalue weighted by atomic mass is 10.1. The number of rotatable bonds is 6. The maximum atomic E-state index is 13.8. The number of hydrogen-bond acceptors (Lipinski definition) is 4. The van der Waals surface area contributed by atoms with Crippen LogP contribution >= 0.6 is 45.8 Å². The van der Waals surface area contributed by atoms with Gasteiger partial charge in [0.1, 0.15) is 5.82 Å². The molecule has 0 heterocycles. The van der Waals surface area contributed by atoms with Gasteiger partial charge in [0.25, 0.3) is 5.91 Å². The van der Waals surface area contributed by atoms with Crippen molar-refractivity contribution in [3.8, 4) is 0 Å². The van der Waals surface area contributed by atoms with Gasteiger partial charge >= 0.3 is 0 Å². The van der Waals surface area contributed by atoms with Gasteiger partial charge in [0.05, 0.1) is 40.2 Å². The van der Waals surface area contributed by atoms with Gasteiger partial charge in [0.15, 0.2) is 0 Å². The number of nitrogens with one attached hydrogen (secondary N) is 2. The number of amides is 1. The minimum absolute atomic E-state index is 0.0638. The molecule has 5 nitrogen and oxygen atoms in total. The highest BCUT2D eigenvalue weighted by Gasteiger charge is 2.16. The van der Waals surface area contributed by atoms with Gasteiger partial charge in [-0.25, -0.2) is 9.87 Å². The van der Waals surface area contributed by atoms with Crippen LogP contribution in [0.2, 0.25) is 10.0 Å². The zero-order chi connectivity index (χ0) is 17.7. The number of aliphatic hydroxyl groups is 1. The molecule has 0 radical (unpaired) electrons. The van der Waals surface area contributed by atoms with E-state index in [1.165, 1.54) is 6.07 Å². The van der Waals surface area contributed by atoms with E-state index in [2.05, 4.69) is 33.4 Å². The van der Waals surface area contributed by atoms with Crippen LogP contribution in [0, 0.1) is 9.39 Å². The second kappa shape index (κ2) is 8.82. The van der Waals surface area contributed by atoms with E-state index >= 15 is 0 Å². The first-order chi connectivity index (χ1) is 11.4. The molecule has 0 spiro atoms. The van der Waals surface area contributed by atoms with Gasteiger partial charge in [0.2, 0.25) is 0 Å². The molecule has 3 N–H and O–H groups in total. The third kappa shape index (κ3) is 4.93. The average molecular weight is 485 g/mol. The lowest BCUT2D eigenvalue weighted by molar-refractivity contribution is 0.0169. The molecule has 0 fully saturated rings. The smallest absolute Gasteiger partial charge is 0.277 e. The van der Waals surface area contributed by atoms with Crippen molar-refractivity contribution < 1.29 is 19.1 Å². The van der Waals surface area contributed by atoms with Crippen molar-refractivity contribution in [2.45, 2.75) is 0 Å². The number of anilines is 2. The van der Waals surface area contributed by atoms with Crippen LogP contribution in [-0.2, 0) is 4.84 Å². The van der Waals surface area contributed by atoms with Crippen molar-refractivity contribution in [1.82, 2.24) is 5.48 Å². The Balaban J connectivity index is 2.33. The third-order valence-electron chi connectivity index (χ3n) is 2.86. The number of benzene rings is 2. The van der Waals surface area contributed by atoms with E-state index in [-0.39, 0.29) is 29.5 Å². The summed E-state index contributed by atoms with van der Waals surface area (Å²) in [6.45, 7) is -0.333. The van der Waals surface area contributed by atoms with Crippen LogP contribution in [0.3, 0.4) is 0 Å². The van der Waals surface area contributed by atoms with Gasteiger partial charge in [0, 0.05) is 3.57 Å². The molecule has 0 saturated heterocycles. The highest BCUT2D eigenvalue weighted by molar-refractivity contribution is 14.1. The summed E-state index contributed by atoms with van der Waals surface area (Å²) in [5, 5.41) is 11.8. The van der Waals surface area contributed by atoms with E-state index in [9.17, 15) is 9.18 Å². The van der Waals surface area contributed by atoms with Gasteiger partial charge < -0.3 is 10.4 Å². The predicted molar refractivity (Wildman–Crippen MR) is 99.4 cm³/mol. The van der Waals surface area contributed by atoms with E-state index in [0.717, 1.165) is 9.64 Å². The fourth-order valence-electron chi connectivity index (χ4n) is 1.79. The zero-order valence-corrected chi connectivity index (χ0v) is 15.7. The Morgan fingerprint density at radius 2 is 1.96 bits per heavy atom. The Bertz CT molecular complexity index is 762. The average Bonchev–Trinajstić information content (AvgIpc) is 2.53. The van der Waals surface area contributed by atoms with Gasteiger partial charge in [-0.15, -0.1) is 0 Å². The first kappa shape index (κ1) is 19.2. The number of hydroxylamine groups is 1. The Labute approximate surface area is 161 Å². The molecule has 128 valence electrons. The largest absolute Gasteiger partial charge is 0.394 e. The molecule has 0 aromatic heterocycles. The van der Waals surface area contributed by atoms with Crippen molar-refractivity contribution in [1.29, 1.82) is 0 Å². The first-order valence-corrected chi connectivity index (χ1v) is 8.50. The number of halogens is 4. The zero-order valence-electron chi connectivity index (χ0n) is 12.1. The number of carbonyl (C=O) groups excluding carboxylic acids is 1. The molecular weight excluding hydrogens is 473 g/mol. The van der Waals surface area contributed by atoms with Crippen LogP contribution in [0.25, 0.3) is 0 Å². The molecule has 0 aliphatic rings. The molecule has 0 saturated carbocycles. The van der Waals surface area contributed by atoms with E-state index in [1.807, 2.05) is 6.07 Å². The summed E-state index contributed by atoms with van der Waals surface area (Å²) in [7, 11) is 0. The molecule has 0 unspecified atom stereocenters. The molecule has 2 aromatic carbocycles. The summed E-state index contributed by atoms with van der Waals surface area (Å²) < 4.78 is 14.7. The summed E-state index contributed by atoms with van der Waals surface area (Å²) >= 11 is 14.0. The topological polar surface area (TPSA) is 70.6 Å². The van der Waals surface area contributed by atoms with E-state index in [4.69, 9.17) is 33.1 Å². The Morgan fingerprint density at radius 1 is 1.21 bits per heavy atom. The minimum atomic E-state index is -0.686. The SMILES string of the molecule is O=C(NOCCO)c1cc(Cl)c(F)cc1Nc1ccc(I)cc1Cl. The lowest BCUT2D eigenvalue weighted by Gasteiger charge is -2.14. The highest BCUT2D eigenvalue weighted by Crippen LogP contribution is 2.31. The summed E-state index contributed by atoms with van der Waals surface area (Å²) in [6, 6.07) is 7.52. The monoisotopic (exact) mass is 484 g/mol. The fourth-order valence-corrected chi connectivity index (χ4v) is 2.86. The third-order valence-corrected chi connectivity index (χ3v) is 4.14.